The summed E-state index contributed by atoms with van der Waals surface area (Å²) in [5.74, 6) is 0. The molecule has 0 saturated heterocycles. The van der Waals surface area contributed by atoms with E-state index in [1.54, 1.807) is 0 Å². The molecular weight excluding hydrogens is 162 g/mol. The van der Waals surface area contributed by atoms with Crippen LogP contribution in [0.1, 0.15) is 5.56 Å². The van der Waals surface area contributed by atoms with E-state index in [2.05, 4.69) is 28.9 Å². The monoisotopic (exact) mass is 173 g/mol. The van der Waals surface area contributed by atoms with Crippen LogP contribution in [-0.2, 0) is 13.6 Å². The highest BCUT2D eigenvalue weighted by Gasteiger charge is 2.02. The van der Waals surface area contributed by atoms with Crippen LogP contribution in [-0.4, -0.2) is 16.5 Å². The maximum atomic E-state index is 4.19. The number of hydrogen-bond donors (Lipinski definition) is 0. The average molecular weight is 173 g/mol. The molecule has 0 radical (unpaired) electrons. The van der Waals surface area contributed by atoms with Crippen molar-refractivity contribution in [3.05, 3.63) is 30.0 Å². The van der Waals surface area contributed by atoms with Gasteiger partial charge in [-0.15, -0.1) is 0 Å². The zero-order chi connectivity index (χ0) is 9.26. The molecule has 0 spiro atoms. The van der Waals surface area contributed by atoms with Gasteiger partial charge in [-0.3, -0.25) is 9.67 Å². The Morgan fingerprint density at radius 1 is 1.54 bits per heavy atom. The van der Waals surface area contributed by atoms with Crippen LogP contribution < -0.4 is 0 Å². The van der Waals surface area contributed by atoms with Gasteiger partial charge in [0.2, 0.25) is 0 Å². The predicted octanol–water partition coefficient (Wildman–Crippen LogP) is 1.77. The highest BCUT2D eigenvalue weighted by Crippen LogP contribution is 2.18. The first-order chi connectivity index (χ1) is 6.33. The van der Waals surface area contributed by atoms with Crippen LogP contribution in [0.3, 0.4) is 0 Å². The van der Waals surface area contributed by atoms with Crippen molar-refractivity contribution in [2.45, 2.75) is 6.54 Å². The minimum Gasteiger partial charge on any atom is -0.296 e. The molecule has 0 bridgehead atoms. The normalized spacial score (nSPS) is 10.5. The zero-order valence-electron chi connectivity index (χ0n) is 7.57. The van der Waals surface area contributed by atoms with E-state index >= 15 is 0 Å². The van der Waals surface area contributed by atoms with Gasteiger partial charge in [0.1, 0.15) is 0 Å². The second kappa shape index (κ2) is 3.01. The fraction of sp³-hybridized carbons (Fsp3) is 0.200. The topological polar surface area (TPSA) is 30.2 Å². The molecule has 0 aliphatic rings. The van der Waals surface area contributed by atoms with Gasteiger partial charge in [0.05, 0.1) is 18.3 Å². The number of hydrogen-bond acceptors (Lipinski definition) is 2. The Hall–Kier alpha value is -1.64. The molecule has 0 saturated carbocycles. The van der Waals surface area contributed by atoms with Crippen LogP contribution in [0.15, 0.2) is 29.4 Å². The maximum Gasteiger partial charge on any atom is 0.0682 e. The van der Waals surface area contributed by atoms with Crippen molar-refractivity contribution in [2.24, 2.45) is 12.0 Å². The Labute approximate surface area is 76.7 Å². The summed E-state index contributed by atoms with van der Waals surface area (Å²) in [5.41, 5.74) is 2.32. The lowest BCUT2D eigenvalue weighted by Crippen LogP contribution is -1.89. The van der Waals surface area contributed by atoms with E-state index in [0.717, 1.165) is 10.9 Å². The van der Waals surface area contributed by atoms with Crippen LogP contribution >= 0.6 is 0 Å². The molecule has 0 aliphatic carbocycles. The van der Waals surface area contributed by atoms with E-state index in [0.29, 0.717) is 6.54 Å². The van der Waals surface area contributed by atoms with Crippen molar-refractivity contribution in [3.63, 3.8) is 0 Å². The average Bonchev–Trinajstić information content (AvgIpc) is 2.50. The summed E-state index contributed by atoms with van der Waals surface area (Å²) in [5, 5.41) is 5.36. The minimum absolute atomic E-state index is 0.656. The Morgan fingerprint density at radius 3 is 3.15 bits per heavy atom. The molecule has 1 heterocycles. The molecule has 0 N–H and O–H groups in total. The predicted molar refractivity (Wildman–Crippen MR) is 54.0 cm³/mol. The SMILES string of the molecule is C=NCc1cccc2c1cnn2C. The molecule has 3 heteroatoms. The first kappa shape index (κ1) is 7.98. The van der Waals surface area contributed by atoms with Gasteiger partial charge in [0, 0.05) is 12.4 Å². The summed E-state index contributed by atoms with van der Waals surface area (Å²) in [6.45, 7) is 4.15. The van der Waals surface area contributed by atoms with Crippen molar-refractivity contribution in [1.29, 1.82) is 0 Å². The summed E-state index contributed by atoms with van der Waals surface area (Å²) in [6.07, 6.45) is 1.87. The summed E-state index contributed by atoms with van der Waals surface area (Å²) in [6, 6.07) is 6.12. The van der Waals surface area contributed by atoms with Crippen LogP contribution in [0.5, 0.6) is 0 Å². The molecule has 0 aliphatic heterocycles. The third-order valence-electron chi connectivity index (χ3n) is 2.16. The molecule has 66 valence electrons. The molecule has 2 aromatic rings. The van der Waals surface area contributed by atoms with Gasteiger partial charge in [-0.1, -0.05) is 12.1 Å². The van der Waals surface area contributed by atoms with Crippen molar-refractivity contribution in [3.8, 4) is 0 Å². The van der Waals surface area contributed by atoms with Gasteiger partial charge < -0.3 is 0 Å². The van der Waals surface area contributed by atoms with Crippen LogP contribution in [0.2, 0.25) is 0 Å². The first-order valence-electron chi connectivity index (χ1n) is 4.15. The van der Waals surface area contributed by atoms with Gasteiger partial charge in [-0.2, -0.15) is 5.10 Å². The number of rotatable bonds is 2. The van der Waals surface area contributed by atoms with Crippen molar-refractivity contribution >= 4 is 17.6 Å². The fourth-order valence-electron chi connectivity index (χ4n) is 1.50. The summed E-state index contributed by atoms with van der Waals surface area (Å²) in [4.78, 5) is 3.88. The summed E-state index contributed by atoms with van der Waals surface area (Å²) in [7, 11) is 1.94. The van der Waals surface area contributed by atoms with E-state index in [1.807, 2.05) is 24.0 Å². The molecule has 2 rings (SSSR count). The Bertz CT molecular complexity index is 442. The number of benzene rings is 1. The van der Waals surface area contributed by atoms with E-state index in [4.69, 9.17) is 0 Å². The van der Waals surface area contributed by atoms with Crippen LogP contribution in [0.4, 0.5) is 0 Å². The Morgan fingerprint density at radius 2 is 2.38 bits per heavy atom. The lowest BCUT2D eigenvalue weighted by Gasteiger charge is -1.98. The van der Waals surface area contributed by atoms with Crippen molar-refractivity contribution < 1.29 is 0 Å². The fourth-order valence-corrected chi connectivity index (χ4v) is 1.50. The van der Waals surface area contributed by atoms with Gasteiger partial charge in [-0.05, 0) is 18.3 Å². The van der Waals surface area contributed by atoms with Gasteiger partial charge in [0.15, 0.2) is 0 Å². The van der Waals surface area contributed by atoms with Gasteiger partial charge in [0.25, 0.3) is 0 Å². The largest absolute Gasteiger partial charge is 0.296 e. The summed E-state index contributed by atoms with van der Waals surface area (Å²) >= 11 is 0. The molecular formula is C10H11N3. The van der Waals surface area contributed by atoms with E-state index in [9.17, 15) is 0 Å². The minimum atomic E-state index is 0.656. The third-order valence-corrected chi connectivity index (χ3v) is 2.16. The number of aromatic nitrogens is 2. The lowest BCUT2D eigenvalue weighted by atomic mass is 10.1. The van der Waals surface area contributed by atoms with E-state index in [-0.39, 0.29) is 0 Å². The third kappa shape index (κ3) is 1.22. The van der Waals surface area contributed by atoms with E-state index < -0.39 is 0 Å². The smallest absolute Gasteiger partial charge is 0.0682 e. The maximum absolute atomic E-state index is 4.19. The highest BCUT2D eigenvalue weighted by molar-refractivity contribution is 5.82. The Balaban J connectivity index is 2.69. The van der Waals surface area contributed by atoms with Crippen LogP contribution in [0.25, 0.3) is 10.9 Å². The van der Waals surface area contributed by atoms with Gasteiger partial charge in [-0.25, -0.2) is 0 Å². The zero-order valence-corrected chi connectivity index (χ0v) is 7.57. The molecule has 0 unspecified atom stereocenters. The second-order valence-electron chi connectivity index (χ2n) is 3.00. The molecule has 0 amide bonds. The lowest BCUT2D eigenvalue weighted by molar-refractivity contribution is 0.797. The van der Waals surface area contributed by atoms with Crippen molar-refractivity contribution in [1.82, 2.24) is 9.78 Å². The number of aliphatic imine (C=N–C) groups is 1. The first-order valence-corrected chi connectivity index (χ1v) is 4.15. The molecule has 13 heavy (non-hydrogen) atoms. The summed E-state index contributed by atoms with van der Waals surface area (Å²) < 4.78 is 1.86. The molecule has 0 fully saturated rings. The number of fused-ring (bicyclic) bond motifs is 1. The quantitative estimate of drug-likeness (QED) is 0.636. The molecule has 1 aromatic carbocycles. The molecule has 3 nitrogen and oxygen atoms in total. The second-order valence-corrected chi connectivity index (χ2v) is 3.00. The standard InChI is InChI=1S/C10H11N3/c1-11-6-8-4-3-5-10-9(8)7-12-13(10)2/h3-5,7H,1,6H2,2H3. The van der Waals surface area contributed by atoms with Crippen molar-refractivity contribution in [2.75, 3.05) is 0 Å². The highest BCUT2D eigenvalue weighted by atomic mass is 15.2. The molecule has 1 aromatic heterocycles. The number of aryl methyl sites for hydroxylation is 1. The van der Waals surface area contributed by atoms with Gasteiger partial charge >= 0.3 is 0 Å². The molecule has 0 atom stereocenters. The Kier molecular flexibility index (Phi) is 1.85. The van der Waals surface area contributed by atoms with Crippen LogP contribution in [0, 0.1) is 0 Å². The number of nitrogens with zero attached hydrogens (tertiary/aromatic N) is 3. The van der Waals surface area contributed by atoms with E-state index in [1.165, 1.54) is 5.56 Å².